The van der Waals surface area contributed by atoms with E-state index < -0.39 is 33.7 Å². The molecule has 28 heavy (non-hydrogen) atoms. The van der Waals surface area contributed by atoms with Crippen LogP contribution in [0.1, 0.15) is 23.6 Å². The Morgan fingerprint density at radius 1 is 1.04 bits per heavy atom. The largest absolute Gasteiger partial charge is 0.416 e. The number of aryl methyl sites for hydroxylation is 2. The zero-order valence-electron chi connectivity index (χ0n) is 15.8. The topological polar surface area (TPSA) is 66.5 Å². The SMILES string of the molecule is Cc1ccc(N(C(C)C(=O)Nc2ccc(C(F)(F)F)cc2)S(C)(=O)=O)cc1C. The summed E-state index contributed by atoms with van der Waals surface area (Å²) in [6.07, 6.45) is -3.49. The van der Waals surface area contributed by atoms with Gasteiger partial charge in [-0.3, -0.25) is 9.10 Å². The normalized spacial score (nSPS) is 13.1. The summed E-state index contributed by atoms with van der Waals surface area (Å²) in [5, 5.41) is 2.46. The minimum absolute atomic E-state index is 0.137. The molecule has 2 rings (SSSR count). The quantitative estimate of drug-likeness (QED) is 0.801. The van der Waals surface area contributed by atoms with Crippen molar-refractivity contribution in [3.05, 3.63) is 59.2 Å². The van der Waals surface area contributed by atoms with Crippen LogP contribution in [0.15, 0.2) is 42.5 Å². The second-order valence-corrected chi connectivity index (χ2v) is 8.43. The molecular formula is C19H21F3N2O3S. The number of alkyl halides is 3. The molecule has 0 radical (unpaired) electrons. The van der Waals surface area contributed by atoms with Crippen molar-refractivity contribution in [2.45, 2.75) is 33.0 Å². The number of nitrogens with one attached hydrogen (secondary N) is 1. The molecule has 0 heterocycles. The van der Waals surface area contributed by atoms with Crippen molar-refractivity contribution in [1.29, 1.82) is 0 Å². The Kier molecular flexibility index (Phi) is 6.08. The molecule has 0 bridgehead atoms. The zero-order chi connectivity index (χ0) is 21.3. The summed E-state index contributed by atoms with van der Waals surface area (Å²) in [6, 6.07) is 7.84. The van der Waals surface area contributed by atoms with Gasteiger partial charge in [0.2, 0.25) is 15.9 Å². The van der Waals surface area contributed by atoms with E-state index in [1.807, 2.05) is 13.8 Å². The van der Waals surface area contributed by atoms with Gasteiger partial charge in [0.25, 0.3) is 0 Å². The number of carbonyl (C=O) groups excluding carboxylic acids is 1. The first-order valence-electron chi connectivity index (χ1n) is 8.35. The third-order valence-corrected chi connectivity index (χ3v) is 5.55. The number of hydrogen-bond donors (Lipinski definition) is 1. The summed E-state index contributed by atoms with van der Waals surface area (Å²) in [5.41, 5.74) is 1.46. The van der Waals surface area contributed by atoms with Gasteiger partial charge >= 0.3 is 6.18 Å². The highest BCUT2D eigenvalue weighted by atomic mass is 32.2. The van der Waals surface area contributed by atoms with Crippen LogP contribution in [0.5, 0.6) is 0 Å². The van der Waals surface area contributed by atoms with E-state index in [1.54, 1.807) is 18.2 Å². The van der Waals surface area contributed by atoms with Crippen molar-refractivity contribution in [1.82, 2.24) is 0 Å². The van der Waals surface area contributed by atoms with Crippen LogP contribution in [0.2, 0.25) is 0 Å². The summed E-state index contributed by atoms with van der Waals surface area (Å²) < 4.78 is 63.5. The summed E-state index contributed by atoms with van der Waals surface area (Å²) in [5.74, 6) is -0.664. The molecule has 1 amide bonds. The molecule has 0 aliphatic carbocycles. The van der Waals surface area contributed by atoms with Gasteiger partial charge in [-0.2, -0.15) is 13.2 Å². The molecule has 1 unspecified atom stereocenters. The lowest BCUT2D eigenvalue weighted by atomic mass is 10.1. The van der Waals surface area contributed by atoms with Crippen molar-refractivity contribution in [2.75, 3.05) is 15.9 Å². The van der Waals surface area contributed by atoms with E-state index in [-0.39, 0.29) is 5.69 Å². The van der Waals surface area contributed by atoms with Crippen LogP contribution in [0.4, 0.5) is 24.5 Å². The number of hydrogen-bond acceptors (Lipinski definition) is 3. The van der Waals surface area contributed by atoms with Gasteiger partial charge in [-0.15, -0.1) is 0 Å². The Morgan fingerprint density at radius 3 is 2.07 bits per heavy atom. The Bertz CT molecular complexity index is 971. The molecule has 0 spiro atoms. The van der Waals surface area contributed by atoms with Crippen molar-refractivity contribution in [2.24, 2.45) is 0 Å². The minimum Gasteiger partial charge on any atom is -0.324 e. The fourth-order valence-corrected chi connectivity index (χ4v) is 3.83. The molecule has 1 atom stereocenters. The number of carbonyl (C=O) groups is 1. The highest BCUT2D eigenvalue weighted by molar-refractivity contribution is 7.92. The van der Waals surface area contributed by atoms with Gasteiger partial charge in [0.1, 0.15) is 6.04 Å². The number of nitrogens with zero attached hydrogens (tertiary/aromatic N) is 1. The number of benzene rings is 2. The van der Waals surface area contributed by atoms with Crippen LogP contribution in [0, 0.1) is 13.8 Å². The fraction of sp³-hybridized carbons (Fsp3) is 0.316. The molecule has 5 nitrogen and oxygen atoms in total. The average Bonchev–Trinajstić information content (AvgIpc) is 2.56. The van der Waals surface area contributed by atoms with E-state index in [0.717, 1.165) is 46.0 Å². The maximum atomic E-state index is 12.6. The van der Waals surface area contributed by atoms with Crippen LogP contribution >= 0.6 is 0 Å². The summed E-state index contributed by atoms with van der Waals surface area (Å²) in [4.78, 5) is 12.6. The average molecular weight is 414 g/mol. The van der Waals surface area contributed by atoms with E-state index in [0.29, 0.717) is 5.69 Å². The van der Waals surface area contributed by atoms with Gasteiger partial charge in [-0.05, 0) is 68.3 Å². The molecule has 0 aromatic heterocycles. The van der Waals surface area contributed by atoms with Crippen molar-refractivity contribution in [3.8, 4) is 0 Å². The maximum absolute atomic E-state index is 12.6. The maximum Gasteiger partial charge on any atom is 0.416 e. The Morgan fingerprint density at radius 2 is 1.61 bits per heavy atom. The number of sulfonamides is 1. The van der Waals surface area contributed by atoms with Crippen LogP contribution < -0.4 is 9.62 Å². The molecule has 0 saturated carbocycles. The van der Waals surface area contributed by atoms with Crippen LogP contribution in [0.25, 0.3) is 0 Å². The molecule has 152 valence electrons. The Hall–Kier alpha value is -2.55. The third-order valence-electron chi connectivity index (χ3n) is 4.31. The van der Waals surface area contributed by atoms with Gasteiger partial charge in [0, 0.05) is 5.69 Å². The third kappa shape index (κ3) is 5.03. The van der Waals surface area contributed by atoms with E-state index in [4.69, 9.17) is 0 Å². The summed E-state index contributed by atoms with van der Waals surface area (Å²) in [6.45, 7) is 5.12. The number of halogens is 3. The summed E-state index contributed by atoms with van der Waals surface area (Å²) in [7, 11) is -3.79. The Balaban J connectivity index is 2.28. The van der Waals surface area contributed by atoms with Crippen molar-refractivity contribution < 1.29 is 26.4 Å². The van der Waals surface area contributed by atoms with Gasteiger partial charge < -0.3 is 5.32 Å². The number of rotatable bonds is 5. The Labute approximate surface area is 162 Å². The molecule has 0 aliphatic heterocycles. The molecule has 0 saturated heterocycles. The monoisotopic (exact) mass is 414 g/mol. The number of anilines is 2. The first-order chi connectivity index (χ1) is 12.8. The molecule has 9 heteroatoms. The van der Waals surface area contributed by atoms with Crippen molar-refractivity contribution >= 4 is 27.3 Å². The predicted octanol–water partition coefficient (Wildman–Crippen LogP) is 4.12. The molecule has 2 aromatic carbocycles. The van der Waals surface area contributed by atoms with Crippen LogP contribution in [0.3, 0.4) is 0 Å². The van der Waals surface area contributed by atoms with E-state index >= 15 is 0 Å². The standard InChI is InChI=1S/C19H21F3N2O3S/c1-12-5-10-17(11-13(12)2)24(28(4,26)27)14(3)18(25)23-16-8-6-15(7-9-16)19(20,21)22/h5-11,14H,1-4H3,(H,23,25). The molecule has 0 aliphatic rings. The molecule has 1 N–H and O–H groups in total. The van der Waals surface area contributed by atoms with Gasteiger partial charge in [-0.25, -0.2) is 8.42 Å². The molecule has 2 aromatic rings. The molecular weight excluding hydrogens is 393 g/mol. The van der Waals surface area contributed by atoms with Gasteiger partial charge in [0.15, 0.2) is 0 Å². The van der Waals surface area contributed by atoms with Crippen LogP contribution in [-0.4, -0.2) is 26.6 Å². The molecule has 0 fully saturated rings. The first kappa shape index (κ1) is 21.7. The predicted molar refractivity (Wildman–Crippen MR) is 103 cm³/mol. The van der Waals surface area contributed by atoms with Crippen LogP contribution in [-0.2, 0) is 21.0 Å². The van der Waals surface area contributed by atoms with E-state index in [2.05, 4.69) is 5.32 Å². The minimum atomic E-state index is -4.48. The summed E-state index contributed by atoms with van der Waals surface area (Å²) >= 11 is 0. The highest BCUT2D eigenvalue weighted by Gasteiger charge is 2.31. The second kappa shape index (κ2) is 7.83. The lowest BCUT2D eigenvalue weighted by Crippen LogP contribution is -2.45. The second-order valence-electron chi connectivity index (χ2n) is 6.57. The first-order valence-corrected chi connectivity index (χ1v) is 10.2. The van der Waals surface area contributed by atoms with Crippen molar-refractivity contribution in [3.63, 3.8) is 0 Å². The van der Waals surface area contributed by atoms with E-state index in [9.17, 15) is 26.4 Å². The lowest BCUT2D eigenvalue weighted by molar-refractivity contribution is -0.137. The smallest absolute Gasteiger partial charge is 0.324 e. The number of amides is 1. The lowest BCUT2D eigenvalue weighted by Gasteiger charge is -2.28. The van der Waals surface area contributed by atoms with Gasteiger partial charge in [0.05, 0.1) is 17.5 Å². The zero-order valence-corrected chi connectivity index (χ0v) is 16.6. The highest BCUT2D eigenvalue weighted by Crippen LogP contribution is 2.30. The van der Waals surface area contributed by atoms with Gasteiger partial charge in [-0.1, -0.05) is 6.07 Å². The fourth-order valence-electron chi connectivity index (χ4n) is 2.66. The van der Waals surface area contributed by atoms with E-state index in [1.165, 1.54) is 6.92 Å².